The third-order valence-corrected chi connectivity index (χ3v) is 4.80. The van der Waals surface area contributed by atoms with Gasteiger partial charge in [-0.2, -0.15) is 0 Å². The first-order valence-electron chi connectivity index (χ1n) is 8.93. The lowest BCUT2D eigenvalue weighted by Gasteiger charge is -2.28. The molecule has 0 heterocycles. The van der Waals surface area contributed by atoms with Gasteiger partial charge in [-0.25, -0.2) is 0 Å². The van der Waals surface area contributed by atoms with Crippen molar-refractivity contribution in [3.05, 3.63) is 65.7 Å². The molecular weight excluding hydrogens is 314 g/mol. The molecule has 3 rings (SSSR count). The Kier molecular flexibility index (Phi) is 6.07. The van der Waals surface area contributed by atoms with Crippen LogP contribution in [0.25, 0.3) is 0 Å². The van der Waals surface area contributed by atoms with Crippen LogP contribution in [0.5, 0.6) is 5.75 Å². The predicted molar refractivity (Wildman–Crippen MR) is 97.4 cm³/mol. The van der Waals surface area contributed by atoms with Crippen molar-refractivity contribution in [2.45, 2.75) is 38.4 Å². The van der Waals surface area contributed by atoms with E-state index in [0.717, 1.165) is 25.7 Å². The summed E-state index contributed by atoms with van der Waals surface area (Å²) in [6, 6.07) is 16.6. The van der Waals surface area contributed by atoms with Gasteiger partial charge in [0.25, 0.3) is 5.91 Å². The number of ether oxygens (including phenoxy) is 1. The fraction of sp³-hybridized carbons (Fsp3) is 0.381. The Bertz CT molecular complexity index is 661. The number of amides is 1. The van der Waals surface area contributed by atoms with Gasteiger partial charge >= 0.3 is 0 Å². The Morgan fingerprint density at radius 1 is 1.00 bits per heavy atom. The zero-order valence-electron chi connectivity index (χ0n) is 14.4. The van der Waals surface area contributed by atoms with E-state index >= 15 is 0 Å². The van der Waals surface area contributed by atoms with Crippen molar-refractivity contribution in [2.75, 3.05) is 6.54 Å². The first kappa shape index (κ1) is 17.5. The molecule has 132 valence electrons. The zero-order chi connectivity index (χ0) is 17.5. The van der Waals surface area contributed by atoms with Crippen molar-refractivity contribution in [1.29, 1.82) is 0 Å². The monoisotopic (exact) mass is 339 g/mol. The molecule has 1 saturated carbocycles. The van der Waals surface area contributed by atoms with Crippen LogP contribution in [0.1, 0.15) is 41.6 Å². The van der Waals surface area contributed by atoms with Crippen LogP contribution in [0.3, 0.4) is 0 Å². The number of hydrogen-bond donors (Lipinski definition) is 2. The number of phenolic OH excluding ortho intramolecular Hbond substituents is 1. The molecule has 0 spiro atoms. The second-order valence-corrected chi connectivity index (χ2v) is 6.70. The largest absolute Gasteiger partial charge is 0.508 e. The smallest absolute Gasteiger partial charge is 0.251 e. The van der Waals surface area contributed by atoms with Crippen LogP contribution in [-0.2, 0) is 11.3 Å². The van der Waals surface area contributed by atoms with E-state index in [9.17, 15) is 9.90 Å². The van der Waals surface area contributed by atoms with Crippen molar-refractivity contribution >= 4 is 5.91 Å². The van der Waals surface area contributed by atoms with E-state index < -0.39 is 0 Å². The summed E-state index contributed by atoms with van der Waals surface area (Å²) in [5, 5.41) is 12.3. The lowest BCUT2D eigenvalue weighted by molar-refractivity contribution is 0.00731. The first-order chi connectivity index (χ1) is 12.2. The van der Waals surface area contributed by atoms with Gasteiger partial charge in [0.2, 0.25) is 0 Å². The summed E-state index contributed by atoms with van der Waals surface area (Å²) >= 11 is 0. The summed E-state index contributed by atoms with van der Waals surface area (Å²) in [6.07, 6.45) is 4.58. The summed E-state index contributed by atoms with van der Waals surface area (Å²) in [5.41, 5.74) is 1.79. The maximum atomic E-state index is 12.1. The number of benzene rings is 2. The summed E-state index contributed by atoms with van der Waals surface area (Å²) < 4.78 is 6.01. The Hall–Kier alpha value is -2.33. The SMILES string of the molecule is O=C(NC[C@H]1CC[C@@H](OCc2ccccc2)CC1)c1ccc(O)cc1. The lowest BCUT2D eigenvalue weighted by atomic mass is 9.87. The maximum Gasteiger partial charge on any atom is 0.251 e. The lowest BCUT2D eigenvalue weighted by Crippen LogP contribution is -2.32. The van der Waals surface area contributed by atoms with Crippen molar-refractivity contribution in [3.63, 3.8) is 0 Å². The highest BCUT2D eigenvalue weighted by atomic mass is 16.5. The quantitative estimate of drug-likeness (QED) is 0.839. The number of carbonyl (C=O) groups excluding carboxylic acids is 1. The normalized spacial score (nSPS) is 20.2. The molecule has 0 aromatic heterocycles. The fourth-order valence-corrected chi connectivity index (χ4v) is 3.24. The molecule has 4 heteroatoms. The minimum Gasteiger partial charge on any atom is -0.508 e. The molecular formula is C21H25NO3. The molecule has 0 aliphatic heterocycles. The molecule has 0 radical (unpaired) electrons. The molecule has 0 unspecified atom stereocenters. The Morgan fingerprint density at radius 3 is 2.36 bits per heavy atom. The molecule has 1 fully saturated rings. The summed E-state index contributed by atoms with van der Waals surface area (Å²) in [6.45, 7) is 1.37. The zero-order valence-corrected chi connectivity index (χ0v) is 14.4. The number of hydrogen-bond acceptors (Lipinski definition) is 3. The van der Waals surface area contributed by atoms with Crippen molar-refractivity contribution in [1.82, 2.24) is 5.32 Å². The van der Waals surface area contributed by atoms with Crippen LogP contribution in [-0.4, -0.2) is 23.7 Å². The van der Waals surface area contributed by atoms with Crippen molar-refractivity contribution in [3.8, 4) is 5.75 Å². The van der Waals surface area contributed by atoms with E-state index in [1.165, 1.54) is 17.7 Å². The van der Waals surface area contributed by atoms with Gasteiger partial charge in [0.15, 0.2) is 0 Å². The highest BCUT2D eigenvalue weighted by Crippen LogP contribution is 2.26. The van der Waals surface area contributed by atoms with Gasteiger partial charge in [0.05, 0.1) is 12.7 Å². The molecule has 2 aromatic rings. The van der Waals surface area contributed by atoms with Crippen molar-refractivity contribution in [2.24, 2.45) is 5.92 Å². The van der Waals surface area contributed by atoms with E-state index in [0.29, 0.717) is 30.7 Å². The van der Waals surface area contributed by atoms with Gasteiger partial charge in [-0.1, -0.05) is 30.3 Å². The second kappa shape index (κ2) is 8.67. The molecule has 1 amide bonds. The standard InChI is InChI=1S/C21H25NO3/c23-19-10-8-18(9-11-19)21(24)22-14-16-6-12-20(13-7-16)25-15-17-4-2-1-3-5-17/h1-5,8-11,16,20,23H,6-7,12-15H2,(H,22,24)/t16-,20+. The molecule has 0 atom stereocenters. The number of aromatic hydroxyl groups is 1. The van der Waals surface area contributed by atoms with E-state index in [1.54, 1.807) is 12.1 Å². The molecule has 2 aromatic carbocycles. The number of rotatable bonds is 6. The average Bonchev–Trinajstić information content (AvgIpc) is 2.67. The first-order valence-corrected chi connectivity index (χ1v) is 8.93. The third-order valence-electron chi connectivity index (χ3n) is 4.80. The van der Waals surface area contributed by atoms with Crippen molar-refractivity contribution < 1.29 is 14.6 Å². The van der Waals surface area contributed by atoms with E-state index in [2.05, 4.69) is 17.4 Å². The molecule has 4 nitrogen and oxygen atoms in total. The summed E-state index contributed by atoms with van der Waals surface area (Å²) in [4.78, 5) is 12.1. The molecule has 1 aliphatic rings. The summed E-state index contributed by atoms with van der Waals surface area (Å²) in [5.74, 6) is 0.602. The Balaban J connectivity index is 1.36. The van der Waals surface area contributed by atoms with E-state index in [4.69, 9.17) is 4.74 Å². The minimum atomic E-state index is -0.0811. The fourth-order valence-electron chi connectivity index (χ4n) is 3.24. The van der Waals surface area contributed by atoms with Gasteiger partial charge < -0.3 is 15.2 Å². The van der Waals surface area contributed by atoms with Gasteiger partial charge in [0.1, 0.15) is 5.75 Å². The maximum absolute atomic E-state index is 12.1. The highest BCUT2D eigenvalue weighted by Gasteiger charge is 2.22. The predicted octanol–water partition coefficient (Wildman–Crippen LogP) is 3.90. The molecule has 0 bridgehead atoms. The van der Waals surface area contributed by atoms with Crippen LogP contribution in [0, 0.1) is 5.92 Å². The van der Waals surface area contributed by atoms with E-state index in [1.807, 2.05) is 18.2 Å². The minimum absolute atomic E-state index is 0.0811. The Morgan fingerprint density at radius 2 is 1.68 bits per heavy atom. The van der Waals surface area contributed by atoms with Crippen LogP contribution >= 0.6 is 0 Å². The van der Waals surface area contributed by atoms with E-state index in [-0.39, 0.29) is 11.7 Å². The van der Waals surface area contributed by atoms with Crippen LogP contribution in [0.2, 0.25) is 0 Å². The average molecular weight is 339 g/mol. The van der Waals surface area contributed by atoms with Crippen LogP contribution in [0.4, 0.5) is 0 Å². The molecule has 25 heavy (non-hydrogen) atoms. The molecule has 2 N–H and O–H groups in total. The van der Waals surface area contributed by atoms with Gasteiger partial charge in [0, 0.05) is 12.1 Å². The third kappa shape index (κ3) is 5.33. The Labute approximate surface area is 148 Å². The molecule has 1 aliphatic carbocycles. The summed E-state index contributed by atoms with van der Waals surface area (Å²) in [7, 11) is 0. The van der Waals surface area contributed by atoms with Gasteiger partial charge in [-0.05, 0) is 61.4 Å². The number of carbonyl (C=O) groups is 1. The molecule has 0 saturated heterocycles. The van der Waals surface area contributed by atoms with Crippen LogP contribution in [0.15, 0.2) is 54.6 Å². The second-order valence-electron chi connectivity index (χ2n) is 6.70. The van der Waals surface area contributed by atoms with Crippen LogP contribution < -0.4 is 5.32 Å². The number of nitrogens with one attached hydrogen (secondary N) is 1. The number of phenols is 1. The van der Waals surface area contributed by atoms with Gasteiger partial charge in [-0.3, -0.25) is 4.79 Å². The highest BCUT2D eigenvalue weighted by molar-refractivity contribution is 5.94. The van der Waals surface area contributed by atoms with Gasteiger partial charge in [-0.15, -0.1) is 0 Å². The topological polar surface area (TPSA) is 58.6 Å².